The molecule has 8 nitrogen and oxygen atoms in total. The fourth-order valence-electron chi connectivity index (χ4n) is 3.60. The molecule has 2 aliphatic heterocycles. The zero-order valence-corrected chi connectivity index (χ0v) is 16.5. The lowest BCUT2D eigenvalue weighted by atomic mass is 10.2. The summed E-state index contributed by atoms with van der Waals surface area (Å²) in [6, 6.07) is 9.98. The second kappa shape index (κ2) is 7.76. The van der Waals surface area contributed by atoms with E-state index in [0.29, 0.717) is 5.70 Å². The van der Waals surface area contributed by atoms with E-state index in [4.69, 9.17) is 0 Å². The van der Waals surface area contributed by atoms with E-state index in [9.17, 15) is 4.79 Å². The van der Waals surface area contributed by atoms with Gasteiger partial charge in [-0.2, -0.15) is 5.10 Å². The van der Waals surface area contributed by atoms with Crippen LogP contribution in [0.5, 0.6) is 0 Å². The molecule has 0 aliphatic carbocycles. The van der Waals surface area contributed by atoms with E-state index in [1.54, 1.807) is 12.4 Å². The summed E-state index contributed by atoms with van der Waals surface area (Å²) in [4.78, 5) is 19.3. The Morgan fingerprint density at radius 3 is 2.93 bits per heavy atom. The molecular weight excluding hydrogens is 386 g/mol. The fourth-order valence-corrected chi connectivity index (χ4v) is 4.52. The second-order valence-electron chi connectivity index (χ2n) is 6.90. The van der Waals surface area contributed by atoms with Crippen molar-refractivity contribution >= 4 is 39.9 Å². The number of carbonyl (C=O) groups excluding carboxylic acids is 1. The first-order chi connectivity index (χ1) is 14.3. The van der Waals surface area contributed by atoms with Gasteiger partial charge in [0.05, 0.1) is 29.3 Å². The summed E-state index contributed by atoms with van der Waals surface area (Å²) < 4.78 is 1.90. The average molecular weight is 408 g/mol. The molecule has 2 aliphatic rings. The van der Waals surface area contributed by atoms with Crippen molar-refractivity contribution in [2.75, 3.05) is 36.4 Å². The lowest BCUT2D eigenvalue weighted by molar-refractivity contribution is -0.113. The van der Waals surface area contributed by atoms with Crippen LogP contribution in [0.15, 0.2) is 60.0 Å². The average Bonchev–Trinajstić information content (AvgIpc) is 3.42. The van der Waals surface area contributed by atoms with Gasteiger partial charge in [-0.15, -0.1) is 0 Å². The first-order valence-corrected chi connectivity index (χ1v) is 10.5. The molecule has 4 heterocycles. The number of nitrogens with one attached hydrogen (secondary N) is 3. The van der Waals surface area contributed by atoms with Crippen molar-refractivity contribution in [1.29, 1.82) is 0 Å². The molecule has 148 valence electrons. The van der Waals surface area contributed by atoms with E-state index in [2.05, 4.69) is 30.9 Å². The van der Waals surface area contributed by atoms with Crippen molar-refractivity contribution < 1.29 is 4.79 Å². The fraction of sp³-hybridized carbons (Fsp3) is 0.250. The zero-order chi connectivity index (χ0) is 19.6. The Bertz CT molecular complexity index is 1070. The quantitative estimate of drug-likeness (QED) is 0.611. The number of benzene rings is 1. The highest BCUT2D eigenvalue weighted by atomic mass is 32.2. The minimum absolute atomic E-state index is 0.155. The van der Waals surface area contributed by atoms with Crippen LogP contribution in [0.1, 0.15) is 5.50 Å². The molecule has 1 amide bonds. The van der Waals surface area contributed by atoms with Crippen LogP contribution in [0.4, 0.5) is 11.4 Å². The SMILES string of the molecule is O=C(Nc1cnccc1N1CCNCC1)C1=CSC(n2ncc3ccccc32)N1. The minimum atomic E-state index is -0.180. The summed E-state index contributed by atoms with van der Waals surface area (Å²) in [5.41, 5.74) is 3.11. The third-order valence-corrected chi connectivity index (χ3v) is 6.02. The molecule has 0 radical (unpaired) electrons. The lowest BCUT2D eigenvalue weighted by Gasteiger charge is -2.30. The molecule has 2 aromatic heterocycles. The number of thioether (sulfide) groups is 1. The van der Waals surface area contributed by atoms with Crippen molar-refractivity contribution in [3.63, 3.8) is 0 Å². The highest BCUT2D eigenvalue weighted by Gasteiger charge is 2.25. The molecule has 1 atom stereocenters. The summed E-state index contributed by atoms with van der Waals surface area (Å²) in [6.07, 6.45) is 5.30. The van der Waals surface area contributed by atoms with E-state index in [1.807, 2.05) is 46.6 Å². The maximum Gasteiger partial charge on any atom is 0.272 e. The van der Waals surface area contributed by atoms with Gasteiger partial charge in [-0.1, -0.05) is 30.0 Å². The monoisotopic (exact) mass is 407 g/mol. The number of amides is 1. The largest absolute Gasteiger partial charge is 0.367 e. The predicted octanol–water partition coefficient (Wildman–Crippen LogP) is 2.11. The van der Waals surface area contributed by atoms with Crippen LogP contribution in [0.25, 0.3) is 10.9 Å². The molecule has 0 spiro atoms. The van der Waals surface area contributed by atoms with E-state index in [1.165, 1.54) is 11.8 Å². The molecule has 9 heteroatoms. The van der Waals surface area contributed by atoms with Gasteiger partial charge in [0.2, 0.25) is 0 Å². The number of aromatic nitrogens is 3. The van der Waals surface area contributed by atoms with E-state index >= 15 is 0 Å². The Morgan fingerprint density at radius 1 is 1.17 bits per heavy atom. The minimum Gasteiger partial charge on any atom is -0.367 e. The maximum absolute atomic E-state index is 12.9. The van der Waals surface area contributed by atoms with Crippen molar-refractivity contribution in [3.8, 4) is 0 Å². The van der Waals surface area contributed by atoms with Gasteiger partial charge in [-0.25, -0.2) is 4.68 Å². The molecule has 29 heavy (non-hydrogen) atoms. The third kappa shape index (κ3) is 3.54. The van der Waals surface area contributed by atoms with Crippen LogP contribution in [-0.4, -0.2) is 46.9 Å². The molecule has 1 fully saturated rings. The first kappa shape index (κ1) is 18.0. The Kier molecular flexibility index (Phi) is 4.82. The summed E-state index contributed by atoms with van der Waals surface area (Å²) in [5, 5.41) is 17.0. The zero-order valence-electron chi connectivity index (χ0n) is 15.7. The number of para-hydroxylation sites is 1. The normalized spacial score (nSPS) is 19.1. The lowest BCUT2D eigenvalue weighted by Crippen LogP contribution is -2.43. The van der Waals surface area contributed by atoms with Crippen molar-refractivity contribution in [3.05, 3.63) is 60.0 Å². The van der Waals surface area contributed by atoms with Gasteiger partial charge >= 0.3 is 0 Å². The Hall–Kier alpha value is -3.04. The molecule has 0 bridgehead atoms. The summed E-state index contributed by atoms with van der Waals surface area (Å²) in [7, 11) is 0. The van der Waals surface area contributed by atoms with Gasteiger partial charge in [0.1, 0.15) is 5.70 Å². The molecule has 1 unspecified atom stereocenters. The summed E-state index contributed by atoms with van der Waals surface area (Å²) in [5.74, 6) is -0.180. The Labute approximate surface area is 172 Å². The molecule has 1 aromatic carbocycles. The van der Waals surface area contributed by atoms with Crippen LogP contribution in [0.3, 0.4) is 0 Å². The maximum atomic E-state index is 12.9. The second-order valence-corrected chi connectivity index (χ2v) is 7.85. The van der Waals surface area contributed by atoms with Gasteiger partial charge in [-0.05, 0) is 12.1 Å². The first-order valence-electron chi connectivity index (χ1n) is 9.55. The number of hydrogen-bond donors (Lipinski definition) is 3. The van der Waals surface area contributed by atoms with Gasteiger partial charge in [0, 0.05) is 43.2 Å². The molecule has 0 saturated carbocycles. The molecule has 1 saturated heterocycles. The summed E-state index contributed by atoms with van der Waals surface area (Å²) >= 11 is 1.53. The highest BCUT2D eigenvalue weighted by Crippen LogP contribution is 2.32. The van der Waals surface area contributed by atoms with Crippen LogP contribution in [-0.2, 0) is 4.79 Å². The van der Waals surface area contributed by atoms with Crippen molar-refractivity contribution in [1.82, 2.24) is 25.4 Å². The van der Waals surface area contributed by atoms with E-state index < -0.39 is 0 Å². The molecular formula is C20H21N7OS. The number of hydrogen-bond acceptors (Lipinski definition) is 7. The van der Waals surface area contributed by atoms with Gasteiger partial charge in [0.15, 0.2) is 5.50 Å². The van der Waals surface area contributed by atoms with Crippen molar-refractivity contribution in [2.45, 2.75) is 5.50 Å². The predicted molar refractivity (Wildman–Crippen MR) is 116 cm³/mol. The highest BCUT2D eigenvalue weighted by molar-refractivity contribution is 8.02. The number of carbonyl (C=O) groups is 1. The number of piperazine rings is 1. The topological polar surface area (TPSA) is 87.1 Å². The molecule has 3 N–H and O–H groups in total. The number of nitrogens with zero attached hydrogens (tertiary/aromatic N) is 4. The smallest absolute Gasteiger partial charge is 0.272 e. The third-order valence-electron chi connectivity index (χ3n) is 5.07. The van der Waals surface area contributed by atoms with Crippen LogP contribution >= 0.6 is 11.8 Å². The molecule has 3 aromatic rings. The number of rotatable bonds is 4. The van der Waals surface area contributed by atoms with Crippen molar-refractivity contribution in [2.24, 2.45) is 0 Å². The van der Waals surface area contributed by atoms with Crippen LogP contribution < -0.4 is 20.9 Å². The van der Waals surface area contributed by atoms with Gasteiger partial charge < -0.3 is 20.9 Å². The van der Waals surface area contributed by atoms with Gasteiger partial charge in [-0.3, -0.25) is 9.78 Å². The molecule has 5 rings (SSSR count). The standard InChI is InChI=1S/C20H21N7OS/c28-19(24-15-12-22-6-5-18(15)26-9-7-21-8-10-26)16-13-29-20(25-16)27-17-4-2-1-3-14(17)11-23-27/h1-6,11-13,20-21,25H,7-10H2,(H,24,28). The van der Waals surface area contributed by atoms with E-state index in [-0.39, 0.29) is 11.4 Å². The van der Waals surface area contributed by atoms with Crippen LogP contribution in [0, 0.1) is 0 Å². The number of anilines is 2. The Morgan fingerprint density at radius 2 is 2.03 bits per heavy atom. The van der Waals surface area contributed by atoms with Gasteiger partial charge in [0.25, 0.3) is 5.91 Å². The van der Waals surface area contributed by atoms with E-state index in [0.717, 1.165) is 48.5 Å². The number of fused-ring (bicyclic) bond motifs is 1. The van der Waals surface area contributed by atoms with Crippen LogP contribution in [0.2, 0.25) is 0 Å². The summed E-state index contributed by atoms with van der Waals surface area (Å²) in [6.45, 7) is 3.66. The Balaban J connectivity index is 1.30. The number of pyridine rings is 1.